The molecule has 10 nitrogen and oxygen atoms in total. The summed E-state index contributed by atoms with van der Waals surface area (Å²) < 4.78 is 28.2. The molecule has 0 aliphatic rings. The minimum absolute atomic E-state index is 0. The maximum atomic E-state index is 9.63. The van der Waals surface area contributed by atoms with Gasteiger partial charge in [-0.25, -0.2) is 0 Å². The Morgan fingerprint density at radius 2 is 0.635 bits per heavy atom. The van der Waals surface area contributed by atoms with E-state index in [9.17, 15) is 10.0 Å². The molecule has 8 heterocycles. The van der Waals surface area contributed by atoms with Crippen LogP contribution in [-0.2, 0) is 0 Å². The topological polar surface area (TPSA) is 120 Å². The van der Waals surface area contributed by atoms with Gasteiger partial charge in [-0.3, -0.25) is 9.97 Å². The van der Waals surface area contributed by atoms with Crippen molar-refractivity contribution in [1.29, 1.82) is 0 Å². The Hall–Kier alpha value is -11.3. The third-order valence-electron chi connectivity index (χ3n) is 18.3. The molecule has 0 radical (unpaired) electrons. The Morgan fingerprint density at radius 1 is 0.292 bits per heavy atom. The molecule has 0 unspecified atom stereocenters. The summed E-state index contributed by atoms with van der Waals surface area (Å²) in [6.45, 7) is 0. The maximum absolute atomic E-state index is 9.63. The molecule has 8 aromatic heterocycles. The number of aromatic nitrogens is 5. The lowest BCUT2D eigenvalue weighted by Gasteiger charge is -2.12. The first-order valence-corrected chi connectivity index (χ1v) is 32.8. The average molecular weight is 1370 g/mol. The molecule has 0 amide bonds. The van der Waals surface area contributed by atoms with Crippen LogP contribution in [0.5, 0.6) is 0 Å². The largest absolute Gasteiger partial charge is 0.488 e. The Morgan fingerprint density at radius 3 is 1.01 bits per heavy atom. The lowest BCUT2D eigenvalue weighted by molar-refractivity contribution is 0.425. The molecule has 96 heavy (non-hydrogen) atoms. The van der Waals surface area contributed by atoms with Crippen LogP contribution in [0.15, 0.2) is 314 Å². The van der Waals surface area contributed by atoms with Gasteiger partial charge in [0.2, 0.25) is 0 Å². The zero-order chi connectivity index (χ0) is 63.4. The Balaban J connectivity index is 0.000000152. The quantitative estimate of drug-likeness (QED) is 0.159. The number of benzene rings is 12. The highest BCUT2D eigenvalue weighted by Gasteiger charge is 2.23. The van der Waals surface area contributed by atoms with Crippen molar-refractivity contribution in [3.63, 3.8) is 0 Å². The number of pyridine rings is 2. The van der Waals surface area contributed by atoms with Crippen LogP contribution in [0, 0.1) is 0 Å². The Kier molecular flexibility index (Phi) is 14.4. The maximum Gasteiger partial charge on any atom is 0.488 e. The number of hydrogen-bond acceptors (Lipinski definition) is 7. The second-order valence-corrected chi connectivity index (χ2v) is 25.5. The van der Waals surface area contributed by atoms with Crippen molar-refractivity contribution in [2.45, 2.75) is 7.43 Å². The Bertz CT molecular complexity index is 6210. The molecule has 13 heteroatoms. The van der Waals surface area contributed by atoms with Crippen LogP contribution in [0.25, 0.3) is 171 Å². The van der Waals surface area contributed by atoms with Gasteiger partial charge in [0, 0.05) is 110 Å². The van der Waals surface area contributed by atoms with Gasteiger partial charge in [0.05, 0.1) is 49.3 Å². The van der Waals surface area contributed by atoms with E-state index < -0.39 is 7.12 Å². The van der Waals surface area contributed by atoms with Gasteiger partial charge in [-0.2, -0.15) is 0 Å². The molecule has 458 valence electrons. The predicted molar refractivity (Wildman–Crippen MR) is 403 cm³/mol. The zero-order valence-electron chi connectivity index (χ0n) is 50.4. The first kappa shape index (κ1) is 58.5. The van der Waals surface area contributed by atoms with E-state index in [1.54, 1.807) is 24.5 Å². The third kappa shape index (κ3) is 9.60. The summed E-state index contributed by atoms with van der Waals surface area (Å²) in [5.74, 6) is 0. The number of fused-ring (bicyclic) bond motifs is 21. The summed E-state index contributed by atoms with van der Waals surface area (Å²) in [5.41, 5.74) is 19.7. The molecule has 0 spiro atoms. The first-order valence-electron chi connectivity index (χ1n) is 31.2. The van der Waals surface area contributed by atoms with Crippen molar-refractivity contribution < 1.29 is 23.3 Å². The van der Waals surface area contributed by atoms with Gasteiger partial charge in [0.1, 0.15) is 33.5 Å². The monoisotopic (exact) mass is 1370 g/mol. The molecular weight excluding hydrogens is 1320 g/mol. The van der Waals surface area contributed by atoms with Crippen LogP contribution < -0.4 is 5.46 Å². The van der Waals surface area contributed by atoms with Crippen LogP contribution in [0.2, 0.25) is 0 Å². The third-order valence-corrected chi connectivity index (χ3v) is 19.1. The molecule has 0 saturated heterocycles. The van der Waals surface area contributed by atoms with Crippen molar-refractivity contribution in [2.24, 2.45) is 0 Å². The molecule has 20 aromatic rings. The zero-order valence-corrected chi connectivity index (χ0v) is 53.6. The van der Waals surface area contributed by atoms with E-state index in [-0.39, 0.29) is 7.43 Å². The van der Waals surface area contributed by atoms with Crippen molar-refractivity contribution >= 4 is 176 Å². The van der Waals surface area contributed by atoms with Crippen molar-refractivity contribution in [3.05, 3.63) is 301 Å². The van der Waals surface area contributed by atoms with Gasteiger partial charge in [-0.1, -0.05) is 153 Å². The SMILES string of the molecule is Brc1cncc(Br)c1.C.OB(O)c1cccc(-n2c3ccccc3c3c4oc5ccccc5c4ccc32)c1.c1cc(-c2cncc(-c3cccc(-n4c5ccccc5c5c6oc7ccccc7c6ccc54)c3)c2)cc(-n2c3ccccc3c3c4oc5ccccc5c4ccc32)c1. The van der Waals surface area contributed by atoms with Gasteiger partial charge in [-0.15, -0.1) is 0 Å². The average Bonchev–Trinajstić information content (AvgIpc) is 1.58. The van der Waals surface area contributed by atoms with E-state index in [4.69, 9.17) is 18.2 Å². The van der Waals surface area contributed by atoms with Gasteiger partial charge in [0.25, 0.3) is 0 Å². The predicted octanol–water partition coefficient (Wildman–Crippen LogP) is 22.0. The van der Waals surface area contributed by atoms with Crippen LogP contribution in [0.1, 0.15) is 7.43 Å². The van der Waals surface area contributed by atoms with E-state index in [2.05, 4.69) is 233 Å². The van der Waals surface area contributed by atoms with Crippen LogP contribution >= 0.6 is 31.9 Å². The molecule has 0 atom stereocenters. The number of rotatable bonds is 6. The second-order valence-electron chi connectivity index (χ2n) is 23.7. The number of nitrogens with zero attached hydrogens (tertiary/aromatic N) is 5. The highest BCUT2D eigenvalue weighted by molar-refractivity contribution is 9.11. The van der Waals surface area contributed by atoms with Gasteiger partial charge in [0.15, 0.2) is 0 Å². The highest BCUT2D eigenvalue weighted by atomic mass is 79.9. The minimum atomic E-state index is -1.51. The summed E-state index contributed by atoms with van der Waals surface area (Å²) in [4.78, 5) is 8.68. The number of furan rings is 3. The summed E-state index contributed by atoms with van der Waals surface area (Å²) in [5, 5.41) is 32.7. The van der Waals surface area contributed by atoms with Crippen LogP contribution in [0.4, 0.5) is 0 Å². The summed E-state index contributed by atoms with van der Waals surface area (Å²) in [6.07, 6.45) is 7.40. The molecular formula is C83H54BBr2N5O5. The molecule has 0 saturated carbocycles. The standard InChI is InChI=1S/C53H31N3O2.C24H16BNO3.C5H3Br2N.CH4/c1-5-19-44-42(17-1)50-46(25-23-40-38-15-3-7-21-48(38)57-52(40)50)55(44)36-13-9-11-32(28-36)34-27-35(31-54-30-34)33-12-10-14-37(29-33)56-45-20-6-2-18-43(45)51-47(56)26-24-41-39-16-4-8-22-49(39)58-53(41)51;27-25(28)15-6-5-7-16(14-15)26-20-10-3-1-9-19(20)23-21(26)13-12-18-17-8-2-4-11-22(17)29-24(18)23;6-4-1-5(7)3-8-2-4;/h1-31H;1-14,27-28H;1-3H;1H4. The molecule has 0 aliphatic heterocycles. The fourth-order valence-corrected chi connectivity index (χ4v) is 15.2. The molecule has 0 bridgehead atoms. The highest BCUT2D eigenvalue weighted by Crippen LogP contribution is 2.45. The fraction of sp³-hybridized carbons (Fsp3) is 0.0120. The van der Waals surface area contributed by atoms with Crippen molar-refractivity contribution in [3.8, 4) is 39.3 Å². The van der Waals surface area contributed by atoms with Gasteiger partial charge in [-0.05, 0) is 170 Å². The van der Waals surface area contributed by atoms with E-state index in [1.807, 2.05) is 85.2 Å². The van der Waals surface area contributed by atoms with E-state index in [1.165, 1.54) is 10.8 Å². The van der Waals surface area contributed by atoms with Gasteiger partial charge < -0.3 is 37.0 Å². The number of halogens is 2. The van der Waals surface area contributed by atoms with E-state index in [0.29, 0.717) is 5.46 Å². The van der Waals surface area contributed by atoms with Gasteiger partial charge >= 0.3 is 7.12 Å². The lowest BCUT2D eigenvalue weighted by atomic mass is 9.80. The van der Waals surface area contributed by atoms with E-state index in [0.717, 1.165) is 169 Å². The minimum Gasteiger partial charge on any atom is -0.455 e. The molecule has 2 N–H and O–H groups in total. The Labute approximate surface area is 566 Å². The second kappa shape index (κ2) is 23.6. The normalized spacial score (nSPS) is 11.7. The molecule has 12 aromatic carbocycles. The number of para-hydroxylation sites is 6. The summed E-state index contributed by atoms with van der Waals surface area (Å²) in [6, 6.07) is 92.2. The van der Waals surface area contributed by atoms with Crippen molar-refractivity contribution in [1.82, 2.24) is 23.7 Å². The fourth-order valence-electron chi connectivity index (χ4n) is 14.2. The van der Waals surface area contributed by atoms with Crippen molar-refractivity contribution in [2.75, 3.05) is 0 Å². The smallest absolute Gasteiger partial charge is 0.455 e. The van der Waals surface area contributed by atoms with Crippen LogP contribution in [0.3, 0.4) is 0 Å². The summed E-state index contributed by atoms with van der Waals surface area (Å²) in [7, 11) is -1.51. The first-order chi connectivity index (χ1) is 46.8. The molecule has 0 aliphatic carbocycles. The van der Waals surface area contributed by atoms with E-state index >= 15 is 0 Å². The lowest BCUT2D eigenvalue weighted by Crippen LogP contribution is -2.29. The molecule has 20 rings (SSSR count). The number of hydrogen-bond donors (Lipinski definition) is 2. The van der Waals surface area contributed by atoms with Crippen LogP contribution in [-0.4, -0.2) is 40.8 Å². The molecule has 0 fully saturated rings. The summed E-state index contributed by atoms with van der Waals surface area (Å²) >= 11 is 6.54.